The van der Waals surface area contributed by atoms with Crippen molar-refractivity contribution in [3.8, 4) is 0 Å². The van der Waals surface area contributed by atoms with Gasteiger partial charge in [0, 0.05) is 11.6 Å². The van der Waals surface area contributed by atoms with E-state index >= 15 is 0 Å². The van der Waals surface area contributed by atoms with Gasteiger partial charge in [0.05, 0.1) is 4.47 Å². The molecule has 1 saturated carbocycles. The van der Waals surface area contributed by atoms with Gasteiger partial charge in [-0.25, -0.2) is 8.78 Å². The third-order valence-corrected chi connectivity index (χ3v) is 3.40. The van der Waals surface area contributed by atoms with Gasteiger partial charge >= 0.3 is 0 Å². The molecule has 1 nitrogen and oxygen atoms in total. The summed E-state index contributed by atoms with van der Waals surface area (Å²) in [5.74, 6) is -1.08. The number of hydrogen-bond donors (Lipinski definition) is 1. The molecule has 1 aromatic carbocycles. The first kappa shape index (κ1) is 11.7. The zero-order valence-corrected chi connectivity index (χ0v) is 10.2. The molecule has 86 valence electrons. The molecular formula is C12H12BrF2N. The molecule has 0 radical (unpaired) electrons. The first-order chi connectivity index (χ1) is 7.58. The van der Waals surface area contributed by atoms with Gasteiger partial charge < -0.3 is 5.73 Å². The first-order valence-corrected chi connectivity index (χ1v) is 5.95. The average molecular weight is 288 g/mol. The molecule has 1 fully saturated rings. The van der Waals surface area contributed by atoms with Crippen molar-refractivity contribution in [3.05, 3.63) is 39.4 Å². The normalized spacial score (nSPS) is 23.0. The van der Waals surface area contributed by atoms with Crippen molar-refractivity contribution in [1.29, 1.82) is 0 Å². The van der Waals surface area contributed by atoms with Crippen molar-refractivity contribution < 1.29 is 8.78 Å². The monoisotopic (exact) mass is 287 g/mol. The molecule has 4 heteroatoms. The van der Waals surface area contributed by atoms with Gasteiger partial charge in [0.15, 0.2) is 0 Å². The zero-order valence-electron chi connectivity index (χ0n) is 8.64. The van der Waals surface area contributed by atoms with E-state index in [0.29, 0.717) is 0 Å². The van der Waals surface area contributed by atoms with Crippen LogP contribution in [0.25, 0.3) is 6.08 Å². The Morgan fingerprint density at radius 1 is 1.38 bits per heavy atom. The fourth-order valence-electron chi connectivity index (χ4n) is 1.92. The molecule has 0 saturated heterocycles. The third-order valence-electron chi connectivity index (χ3n) is 2.79. The SMILES string of the molecule is NC1CC/C(=C/c2c(F)ccc(Br)c2F)C1. The van der Waals surface area contributed by atoms with Gasteiger partial charge in [0.25, 0.3) is 0 Å². The second kappa shape index (κ2) is 4.63. The maximum atomic E-state index is 13.7. The predicted octanol–water partition coefficient (Wildman–Crippen LogP) is 3.62. The van der Waals surface area contributed by atoms with Crippen LogP contribution in [0.4, 0.5) is 8.78 Å². The van der Waals surface area contributed by atoms with E-state index in [1.165, 1.54) is 12.1 Å². The standard InChI is InChI=1S/C12H12BrF2N/c13-10-3-4-11(14)9(12(10)15)6-7-1-2-8(16)5-7/h3-4,6,8H,1-2,5,16H2/b7-6-. The van der Waals surface area contributed by atoms with Crippen molar-refractivity contribution in [1.82, 2.24) is 0 Å². The Morgan fingerprint density at radius 3 is 2.75 bits per heavy atom. The van der Waals surface area contributed by atoms with E-state index in [2.05, 4.69) is 15.9 Å². The van der Waals surface area contributed by atoms with E-state index in [-0.39, 0.29) is 16.1 Å². The first-order valence-electron chi connectivity index (χ1n) is 5.16. The molecule has 0 aromatic heterocycles. The summed E-state index contributed by atoms with van der Waals surface area (Å²) in [7, 11) is 0. The molecule has 2 N–H and O–H groups in total. The molecule has 1 aliphatic carbocycles. The van der Waals surface area contributed by atoms with E-state index in [1.54, 1.807) is 6.08 Å². The molecule has 0 bridgehead atoms. The Kier molecular flexibility index (Phi) is 3.40. The van der Waals surface area contributed by atoms with Gasteiger partial charge in [0.1, 0.15) is 11.6 Å². The van der Waals surface area contributed by atoms with E-state index in [4.69, 9.17) is 5.73 Å². The lowest BCUT2D eigenvalue weighted by molar-refractivity contribution is 0.574. The Hall–Kier alpha value is -0.740. The number of hydrogen-bond acceptors (Lipinski definition) is 1. The van der Waals surface area contributed by atoms with Crippen molar-refractivity contribution >= 4 is 22.0 Å². The van der Waals surface area contributed by atoms with Crippen LogP contribution in [0.5, 0.6) is 0 Å². The van der Waals surface area contributed by atoms with Gasteiger partial charge in [-0.15, -0.1) is 0 Å². The van der Waals surface area contributed by atoms with Gasteiger partial charge in [0.2, 0.25) is 0 Å². The summed E-state index contributed by atoms with van der Waals surface area (Å²) < 4.78 is 27.4. The lowest BCUT2D eigenvalue weighted by Gasteiger charge is -2.03. The predicted molar refractivity (Wildman–Crippen MR) is 63.9 cm³/mol. The molecule has 0 amide bonds. The molecule has 1 aliphatic rings. The van der Waals surface area contributed by atoms with Crippen LogP contribution in [-0.2, 0) is 0 Å². The Balaban J connectivity index is 2.37. The summed E-state index contributed by atoms with van der Waals surface area (Å²) >= 11 is 3.05. The van der Waals surface area contributed by atoms with Gasteiger partial charge in [-0.2, -0.15) is 0 Å². The number of nitrogens with two attached hydrogens (primary N) is 1. The molecule has 0 heterocycles. The topological polar surface area (TPSA) is 26.0 Å². The van der Waals surface area contributed by atoms with Crippen LogP contribution in [0.1, 0.15) is 24.8 Å². The molecule has 16 heavy (non-hydrogen) atoms. The molecule has 0 spiro atoms. The lowest BCUT2D eigenvalue weighted by atomic mass is 10.1. The smallest absolute Gasteiger partial charge is 0.147 e. The van der Waals surface area contributed by atoms with Crippen LogP contribution < -0.4 is 5.73 Å². The highest BCUT2D eigenvalue weighted by Gasteiger charge is 2.17. The summed E-state index contributed by atoms with van der Waals surface area (Å²) in [5, 5.41) is 0. The Labute approximate surface area is 101 Å². The molecule has 1 unspecified atom stereocenters. The van der Waals surface area contributed by atoms with Crippen LogP contribution in [0, 0.1) is 11.6 Å². The molecule has 0 aliphatic heterocycles. The Bertz CT molecular complexity index is 443. The van der Waals surface area contributed by atoms with Crippen molar-refractivity contribution in [3.63, 3.8) is 0 Å². The fraction of sp³-hybridized carbons (Fsp3) is 0.333. The summed E-state index contributed by atoms with van der Waals surface area (Å²) in [5.41, 5.74) is 6.79. The molecule has 2 rings (SSSR count). The second-order valence-corrected chi connectivity index (χ2v) is 4.92. The van der Waals surface area contributed by atoms with E-state index < -0.39 is 11.6 Å². The van der Waals surface area contributed by atoms with E-state index in [1.807, 2.05) is 0 Å². The van der Waals surface area contributed by atoms with Crippen LogP contribution in [0.3, 0.4) is 0 Å². The number of halogens is 3. The van der Waals surface area contributed by atoms with E-state index in [0.717, 1.165) is 24.8 Å². The third kappa shape index (κ3) is 2.33. The summed E-state index contributed by atoms with van der Waals surface area (Å²) in [6, 6.07) is 2.76. The second-order valence-electron chi connectivity index (χ2n) is 4.06. The highest BCUT2D eigenvalue weighted by molar-refractivity contribution is 9.10. The number of benzene rings is 1. The van der Waals surface area contributed by atoms with Crippen molar-refractivity contribution in [2.45, 2.75) is 25.3 Å². The van der Waals surface area contributed by atoms with Crippen molar-refractivity contribution in [2.24, 2.45) is 5.73 Å². The highest BCUT2D eigenvalue weighted by atomic mass is 79.9. The van der Waals surface area contributed by atoms with E-state index in [9.17, 15) is 8.78 Å². The minimum Gasteiger partial charge on any atom is -0.327 e. The summed E-state index contributed by atoms with van der Waals surface area (Å²) in [6.45, 7) is 0. The quantitative estimate of drug-likeness (QED) is 0.785. The molecule has 1 atom stereocenters. The lowest BCUT2D eigenvalue weighted by Crippen LogP contribution is -2.13. The summed E-state index contributed by atoms with van der Waals surface area (Å²) in [6.07, 6.45) is 4.03. The van der Waals surface area contributed by atoms with Crippen LogP contribution >= 0.6 is 15.9 Å². The average Bonchev–Trinajstić information content (AvgIpc) is 2.65. The molecule has 1 aromatic rings. The van der Waals surface area contributed by atoms with Crippen LogP contribution in [0.2, 0.25) is 0 Å². The van der Waals surface area contributed by atoms with Crippen LogP contribution in [0.15, 0.2) is 22.2 Å². The van der Waals surface area contributed by atoms with Gasteiger partial charge in [-0.3, -0.25) is 0 Å². The fourth-order valence-corrected chi connectivity index (χ4v) is 2.27. The molecular weight excluding hydrogens is 276 g/mol. The Morgan fingerprint density at radius 2 is 2.12 bits per heavy atom. The number of rotatable bonds is 1. The minimum atomic E-state index is -0.548. The highest BCUT2D eigenvalue weighted by Crippen LogP contribution is 2.29. The van der Waals surface area contributed by atoms with Gasteiger partial charge in [-0.1, -0.05) is 5.57 Å². The maximum Gasteiger partial charge on any atom is 0.147 e. The van der Waals surface area contributed by atoms with Crippen LogP contribution in [-0.4, -0.2) is 6.04 Å². The largest absolute Gasteiger partial charge is 0.327 e. The van der Waals surface area contributed by atoms with Crippen molar-refractivity contribution in [2.75, 3.05) is 0 Å². The zero-order chi connectivity index (χ0) is 11.7. The summed E-state index contributed by atoms with van der Waals surface area (Å²) in [4.78, 5) is 0. The van der Waals surface area contributed by atoms with Gasteiger partial charge in [-0.05, 0) is 53.4 Å². The minimum absolute atomic E-state index is 0.0264. The maximum absolute atomic E-state index is 13.7.